The van der Waals surface area contributed by atoms with Crippen molar-refractivity contribution in [2.75, 3.05) is 12.0 Å². The van der Waals surface area contributed by atoms with Gasteiger partial charge in [-0.1, -0.05) is 53.7 Å². The minimum atomic E-state index is -0.288. The van der Waals surface area contributed by atoms with Crippen LogP contribution < -0.4 is 15.0 Å². The van der Waals surface area contributed by atoms with Gasteiger partial charge in [0.1, 0.15) is 5.75 Å². The first kappa shape index (κ1) is 22.8. The quantitative estimate of drug-likeness (QED) is 0.338. The highest BCUT2D eigenvalue weighted by Gasteiger charge is 2.35. The van der Waals surface area contributed by atoms with Crippen LogP contribution in [0.15, 0.2) is 83.0 Å². The number of thiocarbonyl (C=S) groups is 1. The van der Waals surface area contributed by atoms with Crippen LogP contribution in [0, 0.1) is 13.8 Å². The van der Waals surface area contributed by atoms with Gasteiger partial charge in [0, 0.05) is 16.9 Å². The summed E-state index contributed by atoms with van der Waals surface area (Å²) in [5.74, 6) is 1.74. The fourth-order valence-electron chi connectivity index (χ4n) is 4.30. The number of rotatable bonds is 5. The molecule has 1 aliphatic rings. The molecule has 4 aromatic rings. The molecule has 0 spiro atoms. The van der Waals surface area contributed by atoms with E-state index in [0.29, 0.717) is 16.8 Å². The Hall–Kier alpha value is -3.97. The van der Waals surface area contributed by atoms with Gasteiger partial charge in [0.15, 0.2) is 5.11 Å². The third-order valence-corrected chi connectivity index (χ3v) is 6.65. The molecule has 3 aromatic carbocycles. The van der Waals surface area contributed by atoms with Gasteiger partial charge < -0.3 is 14.6 Å². The molecule has 0 fully saturated rings. The van der Waals surface area contributed by atoms with E-state index in [1.807, 2.05) is 66.4 Å². The number of nitrogens with one attached hydrogen (secondary N) is 1. The first-order valence-corrected chi connectivity index (χ1v) is 11.8. The largest absolute Gasteiger partial charge is 0.497 e. The second kappa shape index (κ2) is 9.35. The second-order valence-corrected chi connectivity index (χ2v) is 8.94. The molecule has 35 heavy (non-hydrogen) atoms. The van der Waals surface area contributed by atoms with E-state index >= 15 is 0 Å². The molecule has 1 N–H and O–H groups in total. The lowest BCUT2D eigenvalue weighted by Gasteiger charge is -2.37. The van der Waals surface area contributed by atoms with Gasteiger partial charge in [-0.15, -0.1) is 0 Å². The van der Waals surface area contributed by atoms with Gasteiger partial charge >= 0.3 is 0 Å². The highest BCUT2D eigenvalue weighted by molar-refractivity contribution is 7.80. The smallest absolute Gasteiger partial charge is 0.258 e. The normalized spacial score (nSPS) is 15.8. The van der Waals surface area contributed by atoms with E-state index in [2.05, 4.69) is 42.5 Å². The molecular formula is C28H26N4O2S. The predicted octanol–water partition coefficient (Wildman–Crippen LogP) is 6.23. The lowest BCUT2D eigenvalue weighted by molar-refractivity contribution is 0.403. The Bertz CT molecular complexity index is 1430. The number of nitrogens with zero attached hydrogens (tertiary/aromatic N) is 3. The topological polar surface area (TPSA) is 63.4 Å². The van der Waals surface area contributed by atoms with Crippen LogP contribution >= 0.6 is 12.2 Å². The SMILES string of the molecule is COc1cccc(C2NC(=S)N(c3ccc(C)c(C)c3)C(C)=C2c2nc(-c3ccccc3)no2)c1. The van der Waals surface area contributed by atoms with Gasteiger partial charge in [0.25, 0.3) is 5.89 Å². The molecule has 1 aliphatic heterocycles. The van der Waals surface area contributed by atoms with Gasteiger partial charge in [-0.3, -0.25) is 4.90 Å². The van der Waals surface area contributed by atoms with Gasteiger partial charge in [-0.2, -0.15) is 4.98 Å². The Labute approximate surface area is 210 Å². The van der Waals surface area contributed by atoms with Gasteiger partial charge in [-0.25, -0.2) is 0 Å². The number of benzene rings is 3. The Morgan fingerprint density at radius 2 is 1.74 bits per heavy atom. The molecule has 0 bridgehead atoms. The summed E-state index contributed by atoms with van der Waals surface area (Å²) in [4.78, 5) is 6.81. The number of aryl methyl sites for hydroxylation is 2. The van der Waals surface area contributed by atoms with E-state index in [0.717, 1.165) is 33.8 Å². The first-order valence-electron chi connectivity index (χ1n) is 11.4. The van der Waals surface area contributed by atoms with Crippen molar-refractivity contribution in [1.82, 2.24) is 15.5 Å². The Kier molecular flexibility index (Phi) is 6.09. The summed E-state index contributed by atoms with van der Waals surface area (Å²) in [6.07, 6.45) is 0. The number of anilines is 1. The maximum atomic E-state index is 5.87. The zero-order valence-corrected chi connectivity index (χ0v) is 20.9. The van der Waals surface area contributed by atoms with Crippen molar-refractivity contribution in [3.63, 3.8) is 0 Å². The Balaban J connectivity index is 1.67. The molecule has 0 radical (unpaired) electrons. The summed E-state index contributed by atoms with van der Waals surface area (Å²) in [6.45, 7) is 6.24. The number of hydrogen-bond acceptors (Lipinski definition) is 5. The van der Waals surface area contributed by atoms with Crippen LogP contribution in [0.1, 0.15) is 35.5 Å². The molecule has 1 unspecified atom stereocenters. The lowest BCUT2D eigenvalue weighted by atomic mass is 9.94. The predicted molar refractivity (Wildman–Crippen MR) is 142 cm³/mol. The van der Waals surface area contributed by atoms with Crippen molar-refractivity contribution in [1.29, 1.82) is 0 Å². The highest BCUT2D eigenvalue weighted by Crippen LogP contribution is 2.40. The van der Waals surface area contributed by atoms with E-state index in [9.17, 15) is 0 Å². The van der Waals surface area contributed by atoms with Crippen LogP contribution in [-0.4, -0.2) is 22.4 Å². The molecule has 0 aliphatic carbocycles. The summed E-state index contributed by atoms with van der Waals surface area (Å²) < 4.78 is 11.3. The van der Waals surface area contributed by atoms with Crippen LogP contribution in [0.3, 0.4) is 0 Å². The summed E-state index contributed by atoms with van der Waals surface area (Å²) in [5.41, 5.74) is 7.06. The zero-order valence-electron chi connectivity index (χ0n) is 20.1. The summed E-state index contributed by atoms with van der Waals surface area (Å²) >= 11 is 5.87. The third kappa shape index (κ3) is 4.31. The van der Waals surface area contributed by atoms with Crippen LogP contribution in [0.5, 0.6) is 5.75 Å². The number of allylic oxidation sites excluding steroid dienone is 1. The molecule has 7 heteroatoms. The van der Waals surface area contributed by atoms with Gasteiger partial charge in [0.05, 0.1) is 18.7 Å². The average molecular weight is 483 g/mol. The van der Waals surface area contributed by atoms with Crippen LogP contribution in [0.4, 0.5) is 5.69 Å². The molecule has 6 nitrogen and oxygen atoms in total. The molecule has 0 saturated carbocycles. The third-order valence-electron chi connectivity index (χ3n) is 6.35. The van der Waals surface area contributed by atoms with Gasteiger partial charge in [-0.05, 0) is 73.9 Å². The first-order chi connectivity index (χ1) is 17.0. The molecule has 2 heterocycles. The molecule has 1 atom stereocenters. The average Bonchev–Trinajstić information content (AvgIpc) is 3.36. The standard InChI is InChI=1S/C28H26N4O2S/c1-17-13-14-22(15-18(17)2)32-19(3)24(27-30-26(31-34-27)20-9-6-5-7-10-20)25(29-28(32)35)21-11-8-12-23(16-21)33-4/h5-16,25H,1-4H3,(H,29,35). The summed E-state index contributed by atoms with van der Waals surface area (Å²) in [7, 11) is 1.66. The Morgan fingerprint density at radius 1 is 0.943 bits per heavy atom. The number of ether oxygens (including phenoxy) is 1. The van der Waals surface area contributed by atoms with Crippen LogP contribution in [0.25, 0.3) is 17.0 Å². The maximum Gasteiger partial charge on any atom is 0.258 e. The van der Waals surface area contributed by atoms with Crippen molar-refractivity contribution in [3.05, 3.63) is 101 Å². The molecule has 1 aromatic heterocycles. The number of hydrogen-bond donors (Lipinski definition) is 1. The Morgan fingerprint density at radius 3 is 2.49 bits per heavy atom. The van der Waals surface area contributed by atoms with Crippen LogP contribution in [-0.2, 0) is 0 Å². The summed E-state index contributed by atoms with van der Waals surface area (Å²) in [5, 5.41) is 8.39. The van der Waals surface area contributed by atoms with Crippen molar-refractivity contribution < 1.29 is 9.26 Å². The lowest BCUT2D eigenvalue weighted by Crippen LogP contribution is -2.46. The number of methoxy groups -OCH3 is 1. The fourth-order valence-corrected chi connectivity index (χ4v) is 4.66. The van der Waals surface area contributed by atoms with E-state index in [1.165, 1.54) is 11.1 Å². The fraction of sp³-hybridized carbons (Fsp3) is 0.179. The molecule has 0 saturated heterocycles. The van der Waals surface area contributed by atoms with Crippen molar-refractivity contribution in [2.45, 2.75) is 26.8 Å². The maximum absolute atomic E-state index is 5.87. The zero-order chi connectivity index (χ0) is 24.5. The van der Waals surface area contributed by atoms with Gasteiger partial charge in [0.2, 0.25) is 5.82 Å². The van der Waals surface area contributed by atoms with E-state index in [-0.39, 0.29) is 6.04 Å². The second-order valence-electron chi connectivity index (χ2n) is 8.55. The van der Waals surface area contributed by atoms with Crippen molar-refractivity contribution in [3.8, 4) is 17.1 Å². The highest BCUT2D eigenvalue weighted by atomic mass is 32.1. The molecular weight excluding hydrogens is 456 g/mol. The van der Waals surface area contributed by atoms with Crippen LogP contribution in [0.2, 0.25) is 0 Å². The van der Waals surface area contributed by atoms with E-state index in [4.69, 9.17) is 26.5 Å². The summed E-state index contributed by atoms with van der Waals surface area (Å²) in [6, 6.07) is 23.7. The molecule has 0 amide bonds. The molecule has 5 rings (SSSR count). The van der Waals surface area contributed by atoms with Crippen molar-refractivity contribution in [2.24, 2.45) is 0 Å². The number of aromatic nitrogens is 2. The van der Waals surface area contributed by atoms with E-state index in [1.54, 1.807) is 7.11 Å². The molecule has 176 valence electrons. The van der Waals surface area contributed by atoms with E-state index < -0.39 is 0 Å². The monoisotopic (exact) mass is 482 g/mol. The minimum absolute atomic E-state index is 0.288. The van der Waals surface area contributed by atoms with Crippen molar-refractivity contribution >= 4 is 28.6 Å². The minimum Gasteiger partial charge on any atom is -0.497 e.